The van der Waals surface area contributed by atoms with Crippen molar-refractivity contribution in [3.63, 3.8) is 0 Å². The third-order valence-corrected chi connectivity index (χ3v) is 2.78. The van der Waals surface area contributed by atoms with Crippen LogP contribution in [0.15, 0.2) is 18.2 Å². The van der Waals surface area contributed by atoms with Crippen LogP contribution in [0, 0.1) is 0 Å². The number of benzene rings is 1. The predicted octanol–water partition coefficient (Wildman–Crippen LogP) is 2.30. The summed E-state index contributed by atoms with van der Waals surface area (Å²) < 4.78 is 4.84. The molecule has 0 radical (unpaired) electrons. The molecule has 0 aromatic heterocycles. The van der Waals surface area contributed by atoms with Crippen molar-refractivity contribution in [1.82, 2.24) is 0 Å². The first-order valence-electron chi connectivity index (χ1n) is 6.07. The number of carbonyl (C=O) groups excluding carboxylic acids is 2. The number of esters is 1. The average Bonchev–Trinajstić information content (AvgIpc) is 2.37. The molecule has 0 amide bonds. The van der Waals surface area contributed by atoms with E-state index in [1.807, 2.05) is 0 Å². The van der Waals surface area contributed by atoms with Crippen LogP contribution in [0.5, 0.6) is 0 Å². The molecule has 0 aliphatic rings. The second-order valence-corrected chi connectivity index (χ2v) is 4.80. The van der Waals surface area contributed by atoms with Crippen molar-refractivity contribution in [3.8, 4) is 0 Å². The Morgan fingerprint density at radius 1 is 1.35 bits per heavy atom. The Morgan fingerprint density at radius 3 is 2.50 bits per heavy atom. The van der Waals surface area contributed by atoms with Crippen LogP contribution in [-0.2, 0) is 16.0 Å². The highest BCUT2D eigenvalue weighted by molar-refractivity contribution is 6.33. The zero-order valence-electron chi connectivity index (χ0n) is 11.2. The summed E-state index contributed by atoms with van der Waals surface area (Å²) >= 11 is 5.73. The van der Waals surface area contributed by atoms with Gasteiger partial charge in [-0.05, 0) is 31.5 Å². The molecule has 0 fully saturated rings. The average molecular weight is 299 g/mol. The van der Waals surface area contributed by atoms with E-state index in [0.717, 1.165) is 0 Å². The Morgan fingerprint density at radius 2 is 2.00 bits per heavy atom. The summed E-state index contributed by atoms with van der Waals surface area (Å²) in [5, 5.41) is 8.12. The van der Waals surface area contributed by atoms with Crippen LogP contribution in [0.4, 0.5) is 0 Å². The molecule has 0 aliphatic carbocycles. The second kappa shape index (κ2) is 7.05. The molecule has 20 heavy (non-hydrogen) atoms. The van der Waals surface area contributed by atoms with Crippen LogP contribution in [0.25, 0.3) is 0 Å². The van der Waals surface area contributed by atoms with Crippen LogP contribution >= 0.6 is 11.6 Å². The lowest BCUT2D eigenvalue weighted by atomic mass is 9.97. The maximum absolute atomic E-state index is 11.9. The minimum atomic E-state index is -1.10. The molecule has 0 aliphatic heterocycles. The van der Waals surface area contributed by atoms with E-state index in [4.69, 9.17) is 21.4 Å². The molecule has 1 atom stereocenters. The summed E-state index contributed by atoms with van der Waals surface area (Å²) in [5.74, 6) is -2.03. The van der Waals surface area contributed by atoms with Gasteiger partial charge in [0.1, 0.15) is 0 Å². The number of Topliss-reactive ketones (excluding diaryl/α,β-unsaturated/α-hetero) is 1. The number of alkyl halides is 1. The van der Waals surface area contributed by atoms with E-state index in [2.05, 4.69) is 0 Å². The maximum atomic E-state index is 11.9. The Labute approximate surface area is 121 Å². The molecule has 0 saturated heterocycles. The Bertz CT molecular complexity index is 536. The summed E-state index contributed by atoms with van der Waals surface area (Å²) in [6.07, 6.45) is -0.363. The maximum Gasteiger partial charge on any atom is 0.338 e. The molecule has 1 aromatic carbocycles. The lowest BCUT2D eigenvalue weighted by Crippen LogP contribution is -2.16. The number of ketones is 1. The first-order chi connectivity index (χ1) is 9.36. The smallest absolute Gasteiger partial charge is 0.338 e. The largest absolute Gasteiger partial charge is 0.481 e. The number of hydrogen-bond acceptors (Lipinski definition) is 4. The van der Waals surface area contributed by atoms with Crippen molar-refractivity contribution in [1.29, 1.82) is 0 Å². The Hall–Kier alpha value is -1.88. The number of rotatable bonds is 6. The van der Waals surface area contributed by atoms with E-state index >= 15 is 0 Å². The van der Waals surface area contributed by atoms with Crippen LogP contribution < -0.4 is 0 Å². The molecular weight excluding hydrogens is 284 g/mol. The van der Waals surface area contributed by atoms with Crippen molar-refractivity contribution in [3.05, 3.63) is 34.9 Å². The van der Waals surface area contributed by atoms with Gasteiger partial charge in [0.15, 0.2) is 5.78 Å². The van der Waals surface area contributed by atoms with E-state index in [1.165, 1.54) is 25.1 Å². The van der Waals surface area contributed by atoms with Gasteiger partial charge in [-0.1, -0.05) is 6.07 Å². The summed E-state index contributed by atoms with van der Waals surface area (Å²) in [6, 6.07) is 4.19. The number of hydrogen-bond donors (Lipinski definition) is 1. The van der Waals surface area contributed by atoms with Gasteiger partial charge in [-0.25, -0.2) is 4.79 Å². The molecule has 0 saturated carbocycles. The number of halogens is 1. The molecule has 1 rings (SSSR count). The summed E-state index contributed by atoms with van der Waals surface area (Å²) in [4.78, 5) is 34.4. The van der Waals surface area contributed by atoms with Gasteiger partial charge in [-0.3, -0.25) is 9.59 Å². The first-order valence-corrected chi connectivity index (χ1v) is 6.50. The highest BCUT2D eigenvalue weighted by Crippen LogP contribution is 2.18. The first kappa shape index (κ1) is 16.2. The van der Waals surface area contributed by atoms with Crippen LogP contribution in [-0.4, -0.2) is 34.8 Å². The minimum Gasteiger partial charge on any atom is -0.481 e. The lowest BCUT2D eigenvalue weighted by molar-refractivity contribution is -0.136. The number of aliphatic carboxylic acids is 1. The van der Waals surface area contributed by atoms with Crippen LogP contribution in [0.1, 0.15) is 40.1 Å². The Kier molecular flexibility index (Phi) is 5.70. The van der Waals surface area contributed by atoms with E-state index in [1.54, 1.807) is 6.92 Å². The molecular formula is C14H15ClO5. The van der Waals surface area contributed by atoms with Gasteiger partial charge >= 0.3 is 11.9 Å². The monoisotopic (exact) mass is 298 g/mol. The quantitative estimate of drug-likeness (QED) is 0.495. The molecule has 0 heterocycles. The summed E-state index contributed by atoms with van der Waals surface area (Å²) in [5.41, 5.74) is 0.672. The summed E-state index contributed by atoms with van der Waals surface area (Å²) in [6.45, 7) is 3.39. The van der Waals surface area contributed by atoms with Crippen molar-refractivity contribution >= 4 is 29.3 Å². The molecule has 5 nitrogen and oxygen atoms in total. The minimum absolute atomic E-state index is 0.210. The van der Waals surface area contributed by atoms with Crippen molar-refractivity contribution in [2.45, 2.75) is 25.6 Å². The number of carboxylic acids is 1. The third kappa shape index (κ3) is 4.06. The van der Waals surface area contributed by atoms with E-state index in [-0.39, 0.29) is 35.5 Å². The molecule has 1 unspecified atom stereocenters. The van der Waals surface area contributed by atoms with E-state index < -0.39 is 17.3 Å². The molecule has 1 N–H and O–H groups in total. The SMILES string of the molecule is CCOC(=O)c1ccc(C(=O)C(C)Cl)c(CC(=O)O)c1. The fraction of sp³-hybridized carbons (Fsp3) is 0.357. The number of carboxylic acid groups (broad SMARTS) is 1. The highest BCUT2D eigenvalue weighted by Gasteiger charge is 2.20. The van der Waals surface area contributed by atoms with Crippen molar-refractivity contribution in [2.24, 2.45) is 0 Å². The standard InChI is InChI=1S/C14H15ClO5/c1-3-20-14(19)9-4-5-11(13(18)8(2)15)10(6-9)7-12(16)17/h4-6,8H,3,7H2,1-2H3,(H,16,17). The fourth-order valence-electron chi connectivity index (χ4n) is 1.70. The van der Waals surface area contributed by atoms with Crippen molar-refractivity contribution < 1.29 is 24.2 Å². The van der Waals surface area contributed by atoms with Gasteiger partial charge in [0.05, 0.1) is 24.0 Å². The van der Waals surface area contributed by atoms with Crippen molar-refractivity contribution in [2.75, 3.05) is 6.61 Å². The third-order valence-electron chi connectivity index (χ3n) is 2.58. The van der Waals surface area contributed by atoms with Crippen LogP contribution in [0.2, 0.25) is 0 Å². The molecule has 0 bridgehead atoms. The number of ether oxygens (including phenoxy) is 1. The van der Waals surface area contributed by atoms with E-state index in [0.29, 0.717) is 0 Å². The zero-order chi connectivity index (χ0) is 15.3. The topological polar surface area (TPSA) is 80.7 Å². The lowest BCUT2D eigenvalue weighted by Gasteiger charge is -2.10. The zero-order valence-corrected chi connectivity index (χ0v) is 11.9. The fourth-order valence-corrected chi connectivity index (χ4v) is 1.82. The van der Waals surface area contributed by atoms with Crippen LogP contribution in [0.3, 0.4) is 0 Å². The molecule has 108 valence electrons. The summed E-state index contributed by atoms with van der Waals surface area (Å²) in [7, 11) is 0. The molecule has 6 heteroatoms. The normalized spacial score (nSPS) is 11.8. The van der Waals surface area contributed by atoms with Gasteiger partial charge < -0.3 is 9.84 Å². The van der Waals surface area contributed by atoms with Gasteiger partial charge in [0.2, 0.25) is 0 Å². The molecule has 0 spiro atoms. The number of carbonyl (C=O) groups is 3. The van der Waals surface area contributed by atoms with Gasteiger partial charge in [0, 0.05) is 5.56 Å². The van der Waals surface area contributed by atoms with Gasteiger partial charge in [0.25, 0.3) is 0 Å². The second-order valence-electron chi connectivity index (χ2n) is 4.14. The van der Waals surface area contributed by atoms with E-state index in [9.17, 15) is 14.4 Å². The highest BCUT2D eigenvalue weighted by atomic mass is 35.5. The Balaban J connectivity index is 3.22. The molecule has 1 aromatic rings. The van der Waals surface area contributed by atoms with Gasteiger partial charge in [-0.2, -0.15) is 0 Å². The predicted molar refractivity (Wildman–Crippen MR) is 73.4 cm³/mol. The van der Waals surface area contributed by atoms with Gasteiger partial charge in [-0.15, -0.1) is 11.6 Å².